The normalized spacial score (nSPS) is 10.4. The second-order valence-electron chi connectivity index (χ2n) is 3.77. The highest BCUT2D eigenvalue weighted by molar-refractivity contribution is 5.54. The van der Waals surface area contributed by atoms with Crippen LogP contribution in [-0.2, 0) is 0 Å². The minimum absolute atomic E-state index is 0.0866. The van der Waals surface area contributed by atoms with Crippen molar-refractivity contribution >= 4 is 0 Å². The van der Waals surface area contributed by atoms with Crippen LogP contribution in [0.5, 0.6) is 0 Å². The maximum Gasteiger partial charge on any atom is 0.255 e. The predicted octanol–water partition coefficient (Wildman–Crippen LogP) is 1.62. The fourth-order valence-corrected chi connectivity index (χ4v) is 1.76. The SMILES string of the molecule is O=c1ccc(-c2ncc[nH]2)cn1-c1ccncc1. The third-order valence-electron chi connectivity index (χ3n) is 2.62. The van der Waals surface area contributed by atoms with Crippen molar-refractivity contribution in [1.29, 1.82) is 0 Å². The van der Waals surface area contributed by atoms with Crippen LogP contribution in [0.4, 0.5) is 0 Å². The van der Waals surface area contributed by atoms with Crippen LogP contribution < -0.4 is 5.56 Å². The molecule has 0 bridgehead atoms. The number of H-pyrrole nitrogens is 1. The van der Waals surface area contributed by atoms with Gasteiger partial charge in [0.1, 0.15) is 5.82 Å². The summed E-state index contributed by atoms with van der Waals surface area (Å²) in [5, 5.41) is 0. The molecule has 3 rings (SSSR count). The molecule has 0 amide bonds. The highest BCUT2D eigenvalue weighted by atomic mass is 16.1. The van der Waals surface area contributed by atoms with E-state index in [1.54, 1.807) is 53.8 Å². The predicted molar refractivity (Wildman–Crippen MR) is 67.4 cm³/mol. The molecule has 0 aromatic carbocycles. The van der Waals surface area contributed by atoms with Gasteiger partial charge in [-0.25, -0.2) is 4.98 Å². The molecule has 88 valence electrons. The average Bonchev–Trinajstić information content (AvgIpc) is 2.94. The van der Waals surface area contributed by atoms with Gasteiger partial charge < -0.3 is 4.98 Å². The molecule has 3 aromatic heterocycles. The van der Waals surface area contributed by atoms with Crippen LogP contribution in [0.15, 0.2) is 60.0 Å². The molecule has 0 fully saturated rings. The van der Waals surface area contributed by atoms with Crippen molar-refractivity contribution in [3.05, 3.63) is 65.6 Å². The molecule has 3 heterocycles. The van der Waals surface area contributed by atoms with Crippen molar-refractivity contribution in [3.8, 4) is 17.1 Å². The number of pyridine rings is 2. The maximum absolute atomic E-state index is 11.9. The first-order valence-electron chi connectivity index (χ1n) is 5.47. The Morgan fingerprint density at radius 3 is 2.61 bits per heavy atom. The Balaban J connectivity index is 2.16. The molecule has 0 saturated heterocycles. The highest BCUT2D eigenvalue weighted by Crippen LogP contribution is 2.13. The van der Waals surface area contributed by atoms with Gasteiger partial charge in [0.05, 0.1) is 5.69 Å². The third kappa shape index (κ3) is 1.82. The van der Waals surface area contributed by atoms with E-state index in [9.17, 15) is 4.79 Å². The average molecular weight is 238 g/mol. The van der Waals surface area contributed by atoms with E-state index >= 15 is 0 Å². The molecule has 0 unspecified atom stereocenters. The second-order valence-corrected chi connectivity index (χ2v) is 3.77. The fraction of sp³-hybridized carbons (Fsp3) is 0. The lowest BCUT2D eigenvalue weighted by Crippen LogP contribution is -2.16. The Hall–Kier alpha value is -2.69. The number of aromatic nitrogens is 4. The van der Waals surface area contributed by atoms with Gasteiger partial charge >= 0.3 is 0 Å². The lowest BCUT2D eigenvalue weighted by molar-refractivity contribution is 0.983. The van der Waals surface area contributed by atoms with Crippen LogP contribution in [0.25, 0.3) is 17.1 Å². The summed E-state index contributed by atoms with van der Waals surface area (Å²) in [5.74, 6) is 0.734. The summed E-state index contributed by atoms with van der Waals surface area (Å²) >= 11 is 0. The second kappa shape index (κ2) is 4.29. The van der Waals surface area contributed by atoms with Crippen LogP contribution in [0, 0.1) is 0 Å². The van der Waals surface area contributed by atoms with E-state index in [1.165, 1.54) is 6.07 Å². The summed E-state index contributed by atoms with van der Waals surface area (Å²) in [6, 6.07) is 6.85. The van der Waals surface area contributed by atoms with E-state index in [4.69, 9.17) is 0 Å². The van der Waals surface area contributed by atoms with E-state index in [2.05, 4.69) is 15.0 Å². The molecule has 3 aromatic rings. The molecule has 0 radical (unpaired) electrons. The first-order valence-corrected chi connectivity index (χ1v) is 5.47. The van der Waals surface area contributed by atoms with Crippen molar-refractivity contribution in [2.24, 2.45) is 0 Å². The summed E-state index contributed by atoms with van der Waals surface area (Å²) in [5.41, 5.74) is 1.55. The summed E-state index contributed by atoms with van der Waals surface area (Å²) in [4.78, 5) is 23.0. The number of rotatable bonds is 2. The number of nitrogens with one attached hydrogen (secondary N) is 1. The first kappa shape index (κ1) is 10.5. The van der Waals surface area contributed by atoms with E-state index < -0.39 is 0 Å². The van der Waals surface area contributed by atoms with Crippen molar-refractivity contribution < 1.29 is 0 Å². The molecular formula is C13H10N4O. The van der Waals surface area contributed by atoms with E-state index in [1.807, 2.05) is 0 Å². The molecule has 5 heteroatoms. The first-order chi connectivity index (χ1) is 8.84. The fourth-order valence-electron chi connectivity index (χ4n) is 1.76. The Morgan fingerprint density at radius 1 is 1.06 bits per heavy atom. The van der Waals surface area contributed by atoms with Gasteiger partial charge in [-0.3, -0.25) is 14.3 Å². The van der Waals surface area contributed by atoms with Crippen LogP contribution in [0.3, 0.4) is 0 Å². The van der Waals surface area contributed by atoms with Gasteiger partial charge in [0.15, 0.2) is 0 Å². The Labute approximate surface area is 103 Å². The summed E-state index contributed by atoms with van der Waals surface area (Å²) < 4.78 is 1.57. The quantitative estimate of drug-likeness (QED) is 0.738. The molecule has 0 spiro atoms. The van der Waals surface area contributed by atoms with Crippen LogP contribution in [0.1, 0.15) is 0 Å². The number of nitrogens with zero attached hydrogens (tertiary/aromatic N) is 3. The van der Waals surface area contributed by atoms with E-state index in [0.717, 1.165) is 17.1 Å². The minimum Gasteiger partial charge on any atom is -0.345 e. The maximum atomic E-state index is 11.9. The third-order valence-corrected chi connectivity index (χ3v) is 2.62. The lowest BCUT2D eigenvalue weighted by atomic mass is 10.2. The zero-order valence-corrected chi connectivity index (χ0v) is 9.45. The number of aromatic amines is 1. The summed E-state index contributed by atoms with van der Waals surface area (Å²) in [6.07, 6.45) is 8.49. The van der Waals surface area contributed by atoms with Crippen molar-refractivity contribution in [3.63, 3.8) is 0 Å². The van der Waals surface area contributed by atoms with Crippen molar-refractivity contribution in [1.82, 2.24) is 19.5 Å². The number of imidazole rings is 1. The van der Waals surface area contributed by atoms with E-state index in [-0.39, 0.29) is 5.56 Å². The number of hydrogen-bond acceptors (Lipinski definition) is 3. The lowest BCUT2D eigenvalue weighted by Gasteiger charge is -2.06. The molecular weight excluding hydrogens is 228 g/mol. The monoisotopic (exact) mass is 238 g/mol. The van der Waals surface area contributed by atoms with Gasteiger partial charge in [0.2, 0.25) is 0 Å². The van der Waals surface area contributed by atoms with Crippen LogP contribution >= 0.6 is 0 Å². The summed E-state index contributed by atoms with van der Waals surface area (Å²) in [7, 11) is 0. The topological polar surface area (TPSA) is 63.6 Å². The molecule has 18 heavy (non-hydrogen) atoms. The molecule has 0 aliphatic carbocycles. The zero-order chi connectivity index (χ0) is 12.4. The number of hydrogen-bond donors (Lipinski definition) is 1. The van der Waals surface area contributed by atoms with Crippen molar-refractivity contribution in [2.75, 3.05) is 0 Å². The standard InChI is InChI=1S/C13H10N4O/c18-12-2-1-10(13-15-7-8-16-13)9-17(12)11-3-5-14-6-4-11/h1-9H,(H,15,16). The van der Waals surface area contributed by atoms with Gasteiger partial charge in [0, 0.05) is 42.6 Å². The van der Waals surface area contributed by atoms with Crippen LogP contribution in [0.2, 0.25) is 0 Å². The minimum atomic E-state index is -0.0866. The molecule has 0 aliphatic rings. The van der Waals surface area contributed by atoms with Gasteiger partial charge in [-0.05, 0) is 18.2 Å². The van der Waals surface area contributed by atoms with Crippen molar-refractivity contribution in [2.45, 2.75) is 0 Å². The largest absolute Gasteiger partial charge is 0.345 e. The Morgan fingerprint density at radius 2 is 1.89 bits per heavy atom. The molecule has 0 saturated carbocycles. The van der Waals surface area contributed by atoms with Gasteiger partial charge in [0.25, 0.3) is 5.56 Å². The molecule has 0 atom stereocenters. The molecule has 5 nitrogen and oxygen atoms in total. The Kier molecular flexibility index (Phi) is 2.49. The van der Waals surface area contributed by atoms with Gasteiger partial charge in [-0.15, -0.1) is 0 Å². The Bertz CT molecular complexity index is 701. The molecule has 1 N–H and O–H groups in total. The molecule has 0 aliphatic heterocycles. The highest BCUT2D eigenvalue weighted by Gasteiger charge is 2.04. The zero-order valence-electron chi connectivity index (χ0n) is 9.45. The van der Waals surface area contributed by atoms with Gasteiger partial charge in [-0.2, -0.15) is 0 Å². The summed E-state index contributed by atoms with van der Waals surface area (Å²) in [6.45, 7) is 0. The van der Waals surface area contributed by atoms with E-state index in [0.29, 0.717) is 0 Å². The van der Waals surface area contributed by atoms with Gasteiger partial charge in [-0.1, -0.05) is 0 Å². The van der Waals surface area contributed by atoms with Crippen LogP contribution in [-0.4, -0.2) is 19.5 Å². The smallest absolute Gasteiger partial charge is 0.255 e.